The van der Waals surface area contributed by atoms with Crippen molar-refractivity contribution in [3.8, 4) is 6.07 Å². The second-order valence-corrected chi connectivity index (χ2v) is 7.07. The van der Waals surface area contributed by atoms with Crippen LogP contribution in [0, 0.1) is 11.3 Å². The first-order chi connectivity index (χ1) is 11.5. The number of fused-ring (bicyclic) bond motifs is 2. The number of aromatic nitrogens is 1. The lowest BCUT2D eigenvalue weighted by molar-refractivity contribution is 0.0409. The van der Waals surface area contributed by atoms with Crippen LogP contribution in [0.3, 0.4) is 0 Å². The number of thiazole rings is 1. The summed E-state index contributed by atoms with van der Waals surface area (Å²) in [6, 6.07) is 8.02. The first-order valence-electron chi connectivity index (χ1n) is 7.47. The van der Waals surface area contributed by atoms with Crippen LogP contribution in [0.2, 0.25) is 0 Å². The molecule has 3 heterocycles. The Bertz CT molecular complexity index is 976. The van der Waals surface area contributed by atoms with Crippen molar-refractivity contribution in [2.45, 2.75) is 19.4 Å². The number of benzene rings is 1. The number of nitrogens with zero attached hydrogens (tertiary/aromatic N) is 4. The lowest BCUT2D eigenvalue weighted by Gasteiger charge is -2.34. The Morgan fingerprint density at radius 2 is 2.25 bits per heavy atom. The van der Waals surface area contributed by atoms with Crippen LogP contribution in [0.4, 0.5) is 5.69 Å². The highest BCUT2D eigenvalue weighted by molar-refractivity contribution is 7.16. The molecule has 6 nitrogen and oxygen atoms in total. The summed E-state index contributed by atoms with van der Waals surface area (Å²) in [5.74, 6) is 0.328. The summed E-state index contributed by atoms with van der Waals surface area (Å²) < 4.78 is 6.83. The van der Waals surface area contributed by atoms with E-state index in [-0.39, 0.29) is 0 Å². The molecule has 0 amide bonds. The van der Waals surface area contributed by atoms with E-state index in [4.69, 9.17) is 10.5 Å². The standard InChI is InChI=1S/C17H15N5OS/c1-17(2)6-11-12(7-18)16(19)22(21-14(11)8-23-17)10-3-4-13-15(5-10)24-9-20-13/h3-6,9H,8,19H2,1-2H3. The summed E-state index contributed by atoms with van der Waals surface area (Å²) in [4.78, 5) is 4.28. The maximum atomic E-state index is 9.61. The van der Waals surface area contributed by atoms with Crippen molar-refractivity contribution in [2.24, 2.45) is 10.8 Å². The van der Waals surface area contributed by atoms with Crippen molar-refractivity contribution >= 4 is 33.0 Å². The molecule has 0 aliphatic carbocycles. The smallest absolute Gasteiger partial charge is 0.144 e. The SMILES string of the molecule is CC1(C)C=C2C(=NN(c3ccc4ncsc4c3)C(N)=C2C#N)CO1. The van der Waals surface area contributed by atoms with Crippen LogP contribution in [-0.4, -0.2) is 22.9 Å². The molecule has 0 saturated heterocycles. The minimum absolute atomic E-state index is 0.328. The molecule has 24 heavy (non-hydrogen) atoms. The first kappa shape index (κ1) is 14.9. The largest absolute Gasteiger partial charge is 0.383 e. The number of hydrogen-bond donors (Lipinski definition) is 1. The summed E-state index contributed by atoms with van der Waals surface area (Å²) in [6.45, 7) is 4.24. The number of rotatable bonds is 1. The van der Waals surface area contributed by atoms with E-state index in [1.807, 2.05) is 38.1 Å². The number of nitriles is 1. The molecule has 2 aromatic rings. The maximum absolute atomic E-state index is 9.61. The molecule has 0 saturated carbocycles. The van der Waals surface area contributed by atoms with E-state index < -0.39 is 5.60 Å². The topological polar surface area (TPSA) is 87.5 Å². The lowest BCUT2D eigenvalue weighted by atomic mass is 9.92. The molecule has 0 atom stereocenters. The van der Waals surface area contributed by atoms with Gasteiger partial charge in [0.2, 0.25) is 0 Å². The van der Waals surface area contributed by atoms with Crippen molar-refractivity contribution in [1.29, 1.82) is 5.26 Å². The highest BCUT2D eigenvalue weighted by atomic mass is 32.1. The quantitative estimate of drug-likeness (QED) is 0.864. The molecule has 2 aliphatic heterocycles. The van der Waals surface area contributed by atoms with Crippen molar-refractivity contribution in [3.05, 3.63) is 46.8 Å². The Labute approximate surface area is 143 Å². The molecule has 0 bridgehead atoms. The molecule has 0 spiro atoms. The van der Waals surface area contributed by atoms with Gasteiger partial charge in [-0.05, 0) is 38.1 Å². The fourth-order valence-corrected chi connectivity index (χ4v) is 3.52. The molecular weight excluding hydrogens is 322 g/mol. The number of ether oxygens (including phenoxy) is 1. The van der Waals surface area contributed by atoms with Crippen LogP contribution in [-0.2, 0) is 4.74 Å². The maximum Gasteiger partial charge on any atom is 0.144 e. The average molecular weight is 337 g/mol. The van der Waals surface area contributed by atoms with E-state index in [0.29, 0.717) is 23.7 Å². The van der Waals surface area contributed by atoms with Crippen molar-refractivity contribution in [1.82, 2.24) is 4.98 Å². The predicted molar refractivity (Wildman–Crippen MR) is 94.5 cm³/mol. The zero-order valence-electron chi connectivity index (χ0n) is 13.3. The van der Waals surface area contributed by atoms with Gasteiger partial charge >= 0.3 is 0 Å². The van der Waals surface area contributed by atoms with Gasteiger partial charge in [-0.1, -0.05) is 0 Å². The fraction of sp³-hybridized carbons (Fsp3) is 0.235. The van der Waals surface area contributed by atoms with E-state index in [1.165, 1.54) is 0 Å². The molecule has 0 unspecified atom stereocenters. The first-order valence-corrected chi connectivity index (χ1v) is 8.35. The summed E-state index contributed by atoms with van der Waals surface area (Å²) in [6.07, 6.45) is 1.91. The molecule has 4 rings (SSSR count). The van der Waals surface area contributed by atoms with Crippen LogP contribution in [0.25, 0.3) is 10.2 Å². The van der Waals surface area contributed by atoms with Gasteiger partial charge in [-0.3, -0.25) is 0 Å². The van der Waals surface area contributed by atoms with Gasteiger partial charge < -0.3 is 10.5 Å². The van der Waals surface area contributed by atoms with E-state index in [9.17, 15) is 5.26 Å². The van der Waals surface area contributed by atoms with Crippen LogP contribution >= 0.6 is 11.3 Å². The highest BCUT2D eigenvalue weighted by Crippen LogP contribution is 2.34. The van der Waals surface area contributed by atoms with Gasteiger partial charge in [0.05, 0.1) is 39.3 Å². The summed E-state index contributed by atoms with van der Waals surface area (Å²) in [7, 11) is 0. The van der Waals surface area contributed by atoms with Crippen LogP contribution < -0.4 is 10.7 Å². The Morgan fingerprint density at radius 1 is 1.42 bits per heavy atom. The minimum Gasteiger partial charge on any atom is -0.383 e. The predicted octanol–water partition coefficient (Wildman–Crippen LogP) is 2.90. The van der Waals surface area contributed by atoms with Gasteiger partial charge in [0.1, 0.15) is 17.5 Å². The van der Waals surface area contributed by atoms with Gasteiger partial charge in [0.15, 0.2) is 0 Å². The molecule has 7 heteroatoms. The third-order valence-electron chi connectivity index (χ3n) is 4.03. The van der Waals surface area contributed by atoms with Crippen LogP contribution in [0.15, 0.2) is 51.9 Å². The Morgan fingerprint density at radius 3 is 3.04 bits per heavy atom. The molecule has 2 N–H and O–H groups in total. The number of anilines is 1. The summed E-state index contributed by atoms with van der Waals surface area (Å²) in [5, 5.41) is 15.8. The average Bonchev–Trinajstić information content (AvgIpc) is 3.01. The van der Waals surface area contributed by atoms with Crippen LogP contribution in [0.1, 0.15) is 13.8 Å². The molecular formula is C17H15N5OS. The van der Waals surface area contributed by atoms with Crippen LogP contribution in [0.5, 0.6) is 0 Å². The van der Waals surface area contributed by atoms with Gasteiger partial charge in [-0.25, -0.2) is 9.99 Å². The molecule has 2 aliphatic rings. The van der Waals surface area contributed by atoms with E-state index in [1.54, 1.807) is 21.9 Å². The van der Waals surface area contributed by atoms with Gasteiger partial charge in [0, 0.05) is 5.57 Å². The van der Waals surface area contributed by atoms with Crippen molar-refractivity contribution in [3.63, 3.8) is 0 Å². The second-order valence-electron chi connectivity index (χ2n) is 6.19. The highest BCUT2D eigenvalue weighted by Gasteiger charge is 2.33. The molecule has 120 valence electrons. The normalized spacial score (nSPS) is 19.6. The van der Waals surface area contributed by atoms with E-state index in [2.05, 4.69) is 16.2 Å². The second kappa shape index (κ2) is 5.16. The summed E-state index contributed by atoms with van der Waals surface area (Å²) >= 11 is 1.55. The zero-order chi connectivity index (χ0) is 16.9. The monoisotopic (exact) mass is 337 g/mol. The molecule has 0 fully saturated rings. The summed E-state index contributed by atoms with van der Waals surface area (Å²) in [5.41, 5.74) is 11.3. The Hall–Kier alpha value is -2.69. The number of hydrogen-bond acceptors (Lipinski definition) is 7. The zero-order valence-corrected chi connectivity index (χ0v) is 14.1. The number of allylic oxidation sites excluding steroid dienone is 1. The lowest BCUT2D eigenvalue weighted by Crippen LogP contribution is -2.39. The van der Waals surface area contributed by atoms with Gasteiger partial charge in [0.25, 0.3) is 0 Å². The minimum atomic E-state index is -0.444. The number of nitrogens with two attached hydrogens (primary N) is 1. The van der Waals surface area contributed by atoms with E-state index >= 15 is 0 Å². The van der Waals surface area contributed by atoms with E-state index in [0.717, 1.165) is 21.5 Å². The van der Waals surface area contributed by atoms with Crippen molar-refractivity contribution < 1.29 is 4.74 Å². The third kappa shape index (κ3) is 2.28. The van der Waals surface area contributed by atoms with Gasteiger partial charge in [-0.2, -0.15) is 10.4 Å². The molecule has 0 radical (unpaired) electrons. The molecule has 1 aromatic heterocycles. The van der Waals surface area contributed by atoms with Gasteiger partial charge in [-0.15, -0.1) is 11.3 Å². The Kier molecular flexibility index (Phi) is 3.20. The fourth-order valence-electron chi connectivity index (χ4n) is 2.81. The third-order valence-corrected chi connectivity index (χ3v) is 4.82. The van der Waals surface area contributed by atoms with Crippen molar-refractivity contribution in [2.75, 3.05) is 11.6 Å². The Balaban J connectivity index is 1.86. The number of hydrazone groups is 1. The molecule has 1 aromatic carbocycles.